The summed E-state index contributed by atoms with van der Waals surface area (Å²) in [6.07, 6.45) is 0. The van der Waals surface area contributed by atoms with Crippen LogP contribution < -0.4 is 14.3 Å². The Morgan fingerprint density at radius 2 is 2.04 bits per heavy atom. The van der Waals surface area contributed by atoms with E-state index in [1.807, 2.05) is 43.7 Å². The van der Waals surface area contributed by atoms with Crippen molar-refractivity contribution in [1.82, 2.24) is 14.3 Å². The highest BCUT2D eigenvalue weighted by Crippen LogP contribution is 2.36. The lowest BCUT2D eigenvalue weighted by Gasteiger charge is -2.00. The third-order valence-electron chi connectivity index (χ3n) is 3.91. The molecular formula is C16H16N4O3S. The molecule has 8 heteroatoms. The average Bonchev–Trinajstić information content (AvgIpc) is 3.18. The molecule has 1 aliphatic heterocycles. The summed E-state index contributed by atoms with van der Waals surface area (Å²) in [4.78, 5) is 17.2. The van der Waals surface area contributed by atoms with Gasteiger partial charge in [-0.3, -0.25) is 9.48 Å². The molecule has 24 heavy (non-hydrogen) atoms. The van der Waals surface area contributed by atoms with Crippen molar-refractivity contribution in [1.29, 1.82) is 0 Å². The Labute approximate surface area is 141 Å². The number of ether oxygens (including phenoxy) is 2. The Balaban J connectivity index is 1.70. The van der Waals surface area contributed by atoms with E-state index in [4.69, 9.17) is 9.47 Å². The minimum Gasteiger partial charge on any atom is -0.454 e. The van der Waals surface area contributed by atoms with Gasteiger partial charge in [-0.1, -0.05) is 11.3 Å². The topological polar surface area (TPSA) is 70.6 Å². The van der Waals surface area contributed by atoms with E-state index in [2.05, 4.69) is 10.1 Å². The van der Waals surface area contributed by atoms with Crippen molar-refractivity contribution in [3.05, 3.63) is 34.4 Å². The number of nitrogens with zero attached hydrogens (tertiary/aromatic N) is 4. The van der Waals surface area contributed by atoms with E-state index in [-0.39, 0.29) is 19.2 Å². The number of hydrogen-bond acceptors (Lipinski definition) is 5. The van der Waals surface area contributed by atoms with Crippen molar-refractivity contribution in [2.45, 2.75) is 20.4 Å². The number of aromatic nitrogens is 3. The fourth-order valence-electron chi connectivity index (χ4n) is 2.73. The van der Waals surface area contributed by atoms with E-state index in [1.165, 1.54) is 11.3 Å². The second-order valence-electron chi connectivity index (χ2n) is 5.71. The summed E-state index contributed by atoms with van der Waals surface area (Å²) in [5, 5.41) is 4.30. The molecule has 3 heterocycles. The Morgan fingerprint density at radius 3 is 2.75 bits per heavy atom. The van der Waals surface area contributed by atoms with Gasteiger partial charge in [-0.15, -0.1) is 0 Å². The maximum absolute atomic E-state index is 12.3. The number of aryl methyl sites for hydroxylation is 3. The van der Waals surface area contributed by atoms with Gasteiger partial charge in [0.25, 0.3) is 5.91 Å². The van der Waals surface area contributed by atoms with Gasteiger partial charge in [0.15, 0.2) is 16.3 Å². The molecule has 1 aromatic carbocycles. The van der Waals surface area contributed by atoms with Crippen molar-refractivity contribution in [2.75, 3.05) is 6.79 Å². The largest absolute Gasteiger partial charge is 0.454 e. The van der Waals surface area contributed by atoms with Gasteiger partial charge in [0.1, 0.15) is 6.54 Å². The molecule has 4 rings (SSSR count). The predicted octanol–water partition coefficient (Wildman–Crippen LogP) is 1.91. The van der Waals surface area contributed by atoms with Crippen molar-refractivity contribution in [2.24, 2.45) is 12.0 Å². The molecule has 0 bridgehead atoms. The summed E-state index contributed by atoms with van der Waals surface area (Å²) in [5.74, 6) is 1.21. The van der Waals surface area contributed by atoms with Crippen LogP contribution in [-0.4, -0.2) is 27.0 Å². The molecule has 0 atom stereocenters. The van der Waals surface area contributed by atoms with Crippen LogP contribution in [0, 0.1) is 13.8 Å². The molecule has 0 unspecified atom stereocenters. The van der Waals surface area contributed by atoms with Crippen molar-refractivity contribution < 1.29 is 14.3 Å². The minimum atomic E-state index is -0.233. The second kappa shape index (κ2) is 5.48. The summed E-state index contributed by atoms with van der Waals surface area (Å²) < 4.78 is 15.4. The van der Waals surface area contributed by atoms with E-state index < -0.39 is 0 Å². The molecule has 0 fully saturated rings. The molecule has 7 nitrogen and oxygen atoms in total. The zero-order chi connectivity index (χ0) is 16.8. The highest BCUT2D eigenvalue weighted by atomic mass is 32.1. The monoisotopic (exact) mass is 344 g/mol. The normalized spacial score (nSPS) is 13.9. The first kappa shape index (κ1) is 14.9. The van der Waals surface area contributed by atoms with E-state index in [0.29, 0.717) is 4.80 Å². The van der Waals surface area contributed by atoms with E-state index in [0.717, 1.165) is 33.1 Å². The molecule has 0 saturated heterocycles. The summed E-state index contributed by atoms with van der Waals surface area (Å²) in [7, 11) is 1.89. The van der Waals surface area contributed by atoms with Gasteiger partial charge in [0.05, 0.1) is 15.9 Å². The smallest absolute Gasteiger partial charge is 0.270 e. The van der Waals surface area contributed by atoms with Crippen LogP contribution in [0.4, 0.5) is 0 Å². The quantitative estimate of drug-likeness (QED) is 0.712. The lowest BCUT2D eigenvalue weighted by Crippen LogP contribution is -2.17. The Kier molecular flexibility index (Phi) is 3.42. The highest BCUT2D eigenvalue weighted by Gasteiger charge is 2.17. The maximum atomic E-state index is 12.3. The van der Waals surface area contributed by atoms with Crippen LogP contribution in [0.2, 0.25) is 0 Å². The fourth-order valence-corrected chi connectivity index (χ4v) is 3.78. The van der Waals surface area contributed by atoms with Gasteiger partial charge >= 0.3 is 0 Å². The molecule has 0 spiro atoms. The van der Waals surface area contributed by atoms with Gasteiger partial charge in [-0.05, 0) is 19.9 Å². The predicted molar refractivity (Wildman–Crippen MR) is 89.2 cm³/mol. The number of rotatable bonds is 2. The Hall–Kier alpha value is -2.61. The summed E-state index contributed by atoms with van der Waals surface area (Å²) in [5.41, 5.74) is 2.80. The molecular weight excluding hydrogens is 328 g/mol. The van der Waals surface area contributed by atoms with Crippen LogP contribution in [0.1, 0.15) is 11.4 Å². The first-order valence-electron chi connectivity index (χ1n) is 7.49. The Morgan fingerprint density at radius 1 is 1.29 bits per heavy atom. The zero-order valence-corrected chi connectivity index (χ0v) is 14.4. The number of thiazole rings is 1. The van der Waals surface area contributed by atoms with Crippen LogP contribution >= 0.6 is 11.3 Å². The molecule has 2 aromatic heterocycles. The average molecular weight is 344 g/mol. The number of hydrogen-bond donors (Lipinski definition) is 0. The summed E-state index contributed by atoms with van der Waals surface area (Å²) >= 11 is 1.45. The van der Waals surface area contributed by atoms with Crippen molar-refractivity contribution in [3.63, 3.8) is 0 Å². The van der Waals surface area contributed by atoms with Crippen molar-refractivity contribution >= 4 is 27.5 Å². The molecule has 1 amide bonds. The highest BCUT2D eigenvalue weighted by molar-refractivity contribution is 7.16. The van der Waals surface area contributed by atoms with Crippen LogP contribution in [-0.2, 0) is 18.4 Å². The molecule has 3 aromatic rings. The third kappa shape index (κ3) is 2.48. The molecule has 0 aliphatic carbocycles. The molecule has 0 saturated carbocycles. The van der Waals surface area contributed by atoms with Crippen LogP contribution in [0.15, 0.2) is 23.2 Å². The van der Waals surface area contributed by atoms with Gasteiger partial charge in [-0.25, -0.2) is 0 Å². The van der Waals surface area contributed by atoms with E-state index in [1.54, 1.807) is 4.68 Å². The molecule has 124 valence electrons. The first-order valence-corrected chi connectivity index (χ1v) is 8.31. The number of benzene rings is 1. The van der Waals surface area contributed by atoms with Gasteiger partial charge < -0.3 is 14.0 Å². The fraction of sp³-hybridized carbons (Fsp3) is 0.312. The SMILES string of the molecule is Cc1cc(C)n(CC(=O)N=c2sc3cc4c(cc3n2C)OCO4)n1. The minimum absolute atomic E-state index is 0.136. The standard InChI is InChI=1S/C16H16N4O3S/c1-9-4-10(2)20(18-9)7-15(21)17-16-19(3)11-5-12-13(23-8-22-12)6-14(11)24-16/h4-6H,7-8H2,1-3H3. The number of fused-ring (bicyclic) bond motifs is 2. The second-order valence-corrected chi connectivity index (χ2v) is 6.72. The summed E-state index contributed by atoms with van der Waals surface area (Å²) in [6.45, 7) is 4.21. The van der Waals surface area contributed by atoms with Gasteiger partial charge in [-0.2, -0.15) is 10.1 Å². The molecule has 0 radical (unpaired) electrons. The zero-order valence-electron chi connectivity index (χ0n) is 13.6. The van der Waals surface area contributed by atoms with Crippen LogP contribution in [0.5, 0.6) is 11.5 Å². The lowest BCUT2D eigenvalue weighted by molar-refractivity contribution is -0.118. The summed E-state index contributed by atoms with van der Waals surface area (Å²) in [6, 6.07) is 5.78. The van der Waals surface area contributed by atoms with Crippen LogP contribution in [0.3, 0.4) is 0 Å². The van der Waals surface area contributed by atoms with Crippen molar-refractivity contribution in [3.8, 4) is 11.5 Å². The number of amides is 1. The Bertz CT molecular complexity index is 1030. The van der Waals surface area contributed by atoms with Crippen LogP contribution in [0.25, 0.3) is 10.2 Å². The molecule has 1 aliphatic rings. The lowest BCUT2D eigenvalue weighted by atomic mass is 10.3. The van der Waals surface area contributed by atoms with E-state index in [9.17, 15) is 4.79 Å². The van der Waals surface area contributed by atoms with E-state index >= 15 is 0 Å². The van der Waals surface area contributed by atoms with Gasteiger partial charge in [0.2, 0.25) is 6.79 Å². The maximum Gasteiger partial charge on any atom is 0.270 e. The third-order valence-corrected chi connectivity index (χ3v) is 5.01. The molecule has 0 N–H and O–H groups in total. The van der Waals surface area contributed by atoms with Gasteiger partial charge in [0, 0.05) is 24.9 Å². The number of carbonyl (C=O) groups excluding carboxylic acids is 1. The number of carbonyl (C=O) groups is 1. The first-order chi connectivity index (χ1) is 11.5.